The number of rotatable bonds is 25. The molecule has 0 aliphatic carbocycles. The topological polar surface area (TPSA) is 270 Å². The summed E-state index contributed by atoms with van der Waals surface area (Å²) in [6.07, 6.45) is -21.1. The Morgan fingerprint density at radius 1 is 0.434 bits per heavy atom. The minimum absolute atomic E-state index is 0.00555. The number of hydrogen-bond donors (Lipinski definition) is 0. The van der Waals surface area contributed by atoms with E-state index in [1.54, 1.807) is 21.3 Å². The van der Waals surface area contributed by atoms with Gasteiger partial charge in [-0.2, -0.15) is 0 Å². The third kappa shape index (κ3) is 12.4. The van der Waals surface area contributed by atoms with Crippen LogP contribution in [0.25, 0.3) is 10.4 Å². The van der Waals surface area contributed by atoms with Crippen molar-refractivity contribution in [2.45, 2.75) is 160 Å². The Balaban J connectivity index is 0.993. The first kappa shape index (κ1) is 59.7. The fraction of sp³-hybridized carbons (Fsp3) is 0.878. The van der Waals surface area contributed by atoms with Gasteiger partial charge in [0, 0.05) is 95.8 Å². The van der Waals surface area contributed by atoms with Crippen LogP contribution in [0.5, 0.6) is 0 Å². The first-order chi connectivity index (χ1) is 37.1. The number of benzene rings is 1. The summed E-state index contributed by atoms with van der Waals surface area (Å²) in [5.41, 5.74) is 10.2. The van der Waals surface area contributed by atoms with Crippen LogP contribution in [-0.2, 0) is 114 Å². The van der Waals surface area contributed by atoms with Crippen molar-refractivity contribution in [1.29, 1.82) is 0 Å². The monoisotopic (exact) mass is 1090 g/mol. The van der Waals surface area contributed by atoms with Crippen molar-refractivity contribution in [3.63, 3.8) is 0 Å². The highest BCUT2D eigenvalue weighted by Gasteiger charge is 2.60. The Hall–Kier alpha value is -2.43. The Kier molecular flexibility index (Phi) is 22.2. The van der Waals surface area contributed by atoms with E-state index in [4.69, 9.17) is 114 Å². The van der Waals surface area contributed by atoms with Crippen LogP contribution in [0.4, 0.5) is 0 Å². The van der Waals surface area contributed by atoms with E-state index in [0.29, 0.717) is 0 Å². The predicted octanol–water partition coefficient (Wildman–Crippen LogP) is 1.05. The lowest BCUT2D eigenvalue weighted by Crippen LogP contribution is -2.69. The molecule has 1 aromatic rings. The van der Waals surface area contributed by atoms with E-state index in [2.05, 4.69) is 10.0 Å². The van der Waals surface area contributed by atoms with Crippen molar-refractivity contribution in [2.75, 3.05) is 118 Å². The molecule has 7 fully saturated rings. The molecule has 7 aliphatic rings. The Bertz CT molecular complexity index is 1940. The van der Waals surface area contributed by atoms with Gasteiger partial charge in [-0.1, -0.05) is 35.4 Å². The first-order valence-corrected chi connectivity index (χ1v) is 25.2. The number of azide groups is 1. The third-order valence-electron chi connectivity index (χ3n) is 15.0. The molecule has 8 rings (SSSR count). The average Bonchev–Trinajstić information content (AvgIpc) is 3.89. The lowest BCUT2D eigenvalue weighted by atomic mass is 9.94. The minimum atomic E-state index is -1.16. The van der Waals surface area contributed by atoms with Crippen LogP contribution in [0.3, 0.4) is 0 Å². The number of methoxy groups -OCH3 is 12. The largest absolute Gasteiger partial charge is 0.382 e. The van der Waals surface area contributed by atoms with Gasteiger partial charge in [-0.05, 0) is 5.53 Å². The molecule has 11 unspecified atom stereocenters. The molecule has 27 nitrogen and oxygen atoms in total. The average molecular weight is 1090 g/mol. The van der Waals surface area contributed by atoms with Gasteiger partial charge in [0.15, 0.2) is 37.7 Å². The number of fused-ring (bicyclic) bond motifs is 3. The summed E-state index contributed by atoms with van der Waals surface area (Å²) in [6.45, 7) is 0.429. The molecule has 432 valence electrons. The van der Waals surface area contributed by atoms with Crippen LogP contribution in [-0.4, -0.2) is 272 Å². The summed E-state index contributed by atoms with van der Waals surface area (Å²) in [6, 6.07) is 8.80. The highest BCUT2D eigenvalue weighted by molar-refractivity contribution is 5.17. The molecule has 1 aromatic carbocycles. The Morgan fingerprint density at radius 2 is 0.842 bits per heavy atom. The van der Waals surface area contributed by atoms with E-state index in [0.717, 1.165) is 5.56 Å². The van der Waals surface area contributed by atoms with Gasteiger partial charge in [-0.25, -0.2) is 0 Å². The molecule has 2 bridgehead atoms. The fourth-order valence-corrected chi connectivity index (χ4v) is 11.4. The second kappa shape index (κ2) is 28.3. The van der Waals surface area contributed by atoms with Crippen LogP contribution < -0.4 is 0 Å². The van der Waals surface area contributed by atoms with Gasteiger partial charge < -0.3 is 114 Å². The molecular weight excluding hydrogens is 1010 g/mol. The molecule has 0 spiro atoms. The van der Waals surface area contributed by atoms with Crippen LogP contribution in [0.1, 0.15) is 11.9 Å². The molecule has 27 heteroatoms. The molecule has 0 radical (unpaired) electrons. The highest BCUT2D eigenvalue weighted by Crippen LogP contribution is 2.42. The van der Waals surface area contributed by atoms with E-state index >= 15 is 0 Å². The normalized spacial score (nSPS) is 44.5. The molecule has 7 aliphatic heterocycles. The maximum absolute atomic E-state index is 9.36. The summed E-state index contributed by atoms with van der Waals surface area (Å²) in [5.74, 6) is 0. The van der Waals surface area contributed by atoms with Crippen molar-refractivity contribution >= 4 is 0 Å². The van der Waals surface area contributed by atoms with Crippen LogP contribution in [0, 0.1) is 0 Å². The summed E-state index contributed by atoms with van der Waals surface area (Å²) in [5, 5.41) is 3.90. The predicted molar refractivity (Wildman–Crippen MR) is 254 cm³/mol. The fourth-order valence-electron chi connectivity index (χ4n) is 11.4. The maximum Gasteiger partial charge on any atom is 0.187 e. The van der Waals surface area contributed by atoms with E-state index in [1.165, 1.54) is 64.0 Å². The van der Waals surface area contributed by atoms with Crippen molar-refractivity contribution in [3.05, 3.63) is 46.3 Å². The quantitative estimate of drug-likeness (QED) is 0.0752. The summed E-state index contributed by atoms with van der Waals surface area (Å²) >= 11 is 0. The zero-order chi connectivity index (χ0) is 54.0. The first-order valence-electron chi connectivity index (χ1n) is 25.2. The summed E-state index contributed by atoms with van der Waals surface area (Å²) in [7, 11) is 18.3. The maximum atomic E-state index is 9.36. The van der Waals surface area contributed by atoms with E-state index < -0.39 is 160 Å². The lowest BCUT2D eigenvalue weighted by molar-refractivity contribution is -0.403. The SMILES string of the molecule is COCC1O[C@@H](O[C@H]2C(OC)C(OC)[C@@H](O[C@H]3C(OC)C(OC)[C@H](O[C@H]4C5CO[C@H](O5)C(N=[N+]=[N-])[C@@H]4OC)O[C@H]3COC)O[C@H]2COC)C(OC)[C@@H](OC)[C@@H]1O[C@@H]1OC2COC(c3ccccc3)O[C@H]2[C@H](OC)C1OC. The van der Waals surface area contributed by atoms with Crippen LogP contribution in [0.2, 0.25) is 0 Å². The lowest BCUT2D eigenvalue weighted by Gasteiger charge is -2.52. The van der Waals surface area contributed by atoms with E-state index in [-0.39, 0.29) is 33.0 Å². The third-order valence-corrected chi connectivity index (χ3v) is 15.0. The van der Waals surface area contributed by atoms with Gasteiger partial charge >= 0.3 is 0 Å². The summed E-state index contributed by atoms with van der Waals surface area (Å²) < 4.78 is 150. The number of nitrogens with zero attached hydrogens (tertiary/aromatic N) is 3. The van der Waals surface area contributed by atoms with Crippen molar-refractivity contribution in [2.24, 2.45) is 5.11 Å². The van der Waals surface area contributed by atoms with Gasteiger partial charge in [-0.15, -0.1) is 0 Å². The van der Waals surface area contributed by atoms with Crippen molar-refractivity contribution in [1.82, 2.24) is 0 Å². The van der Waals surface area contributed by atoms with Gasteiger partial charge in [0.1, 0.15) is 116 Å². The second-order valence-corrected chi connectivity index (χ2v) is 19.0. The molecule has 0 N–H and O–H groups in total. The smallest absolute Gasteiger partial charge is 0.187 e. The number of hydrogen-bond acceptors (Lipinski definition) is 25. The standard InChI is InChI=1S/C49H77N3O24/c1-53-18-24-31(36(57-5)40(61-9)46(68-24)73-30-27-22-66-45(67-27)29(51-52-50)35(30)56-4)74-47-41(62-10)37(58-6)32(25(69-47)19-54-2)75-48-42(63-11)38(59-7)33(26(70-48)20-55-3)76-49-43(64-12)39(60-8)34-28(71-49)21-65-44(72-34)23-16-14-13-15-17-23/h13-17,24-49H,18-22H2,1-12H3/t24-,25-,26?,27?,28?,29?,30-,31+,32+,33+,34+,35-,36?,37?,38-,39-,40?,41?,42?,43?,44?,45+,46-,47+,48-,49-/m0/s1. The Morgan fingerprint density at radius 3 is 1.26 bits per heavy atom. The van der Waals surface area contributed by atoms with Gasteiger partial charge in [0.2, 0.25) is 0 Å². The van der Waals surface area contributed by atoms with Crippen molar-refractivity contribution < 1.29 is 114 Å². The van der Waals surface area contributed by atoms with Crippen molar-refractivity contribution in [3.8, 4) is 0 Å². The molecule has 26 atom stereocenters. The molecule has 7 saturated heterocycles. The zero-order valence-corrected chi connectivity index (χ0v) is 45.1. The molecule has 7 heterocycles. The molecule has 0 amide bonds. The number of ether oxygens (including phenoxy) is 24. The van der Waals surface area contributed by atoms with E-state index in [1.807, 2.05) is 30.3 Å². The Labute approximate surface area is 442 Å². The minimum Gasteiger partial charge on any atom is -0.382 e. The van der Waals surface area contributed by atoms with Crippen LogP contribution in [0.15, 0.2) is 35.4 Å². The van der Waals surface area contributed by atoms with Crippen LogP contribution >= 0.6 is 0 Å². The van der Waals surface area contributed by atoms with Gasteiger partial charge in [0.05, 0.1) is 39.1 Å². The highest BCUT2D eigenvalue weighted by atomic mass is 16.8. The van der Waals surface area contributed by atoms with E-state index in [9.17, 15) is 5.53 Å². The van der Waals surface area contributed by atoms with Gasteiger partial charge in [0.25, 0.3) is 0 Å². The summed E-state index contributed by atoms with van der Waals surface area (Å²) in [4.78, 5) is 2.99. The molecule has 0 saturated carbocycles. The molecular formula is C49H77N3O24. The molecule has 76 heavy (non-hydrogen) atoms. The van der Waals surface area contributed by atoms with Gasteiger partial charge in [-0.3, -0.25) is 0 Å². The zero-order valence-electron chi connectivity index (χ0n) is 45.1. The second-order valence-electron chi connectivity index (χ2n) is 19.0. The molecule has 0 aromatic heterocycles.